The SMILES string of the molecule is Cc1cc(C)nc(NS(=O)(=O)c2cc(N)cc(Cl)c2F)c1. The number of rotatable bonds is 3. The topological polar surface area (TPSA) is 85.1 Å². The van der Waals surface area contributed by atoms with Gasteiger partial charge in [-0.3, -0.25) is 4.72 Å². The van der Waals surface area contributed by atoms with Crippen LogP contribution in [0.1, 0.15) is 11.3 Å². The highest BCUT2D eigenvalue weighted by Crippen LogP contribution is 2.27. The Labute approximate surface area is 127 Å². The maximum absolute atomic E-state index is 13.9. The number of nitrogen functional groups attached to an aromatic ring is 1. The van der Waals surface area contributed by atoms with E-state index < -0.39 is 20.7 Å². The van der Waals surface area contributed by atoms with Crippen LogP contribution in [0.3, 0.4) is 0 Å². The van der Waals surface area contributed by atoms with Crippen LogP contribution in [0.15, 0.2) is 29.2 Å². The molecule has 0 atom stereocenters. The number of aromatic nitrogens is 1. The zero-order valence-corrected chi connectivity index (χ0v) is 12.9. The van der Waals surface area contributed by atoms with Gasteiger partial charge >= 0.3 is 0 Å². The van der Waals surface area contributed by atoms with Crippen LogP contribution in [0.2, 0.25) is 5.02 Å². The predicted octanol–water partition coefficient (Wildman–Crippen LogP) is 2.87. The zero-order chi connectivity index (χ0) is 15.8. The normalized spacial score (nSPS) is 11.4. The van der Waals surface area contributed by atoms with E-state index in [1.54, 1.807) is 19.9 Å². The molecule has 1 heterocycles. The number of nitrogens with two attached hydrogens (primary N) is 1. The minimum Gasteiger partial charge on any atom is -0.399 e. The van der Waals surface area contributed by atoms with Crippen LogP contribution in [0.5, 0.6) is 0 Å². The van der Waals surface area contributed by atoms with Gasteiger partial charge in [-0.2, -0.15) is 0 Å². The van der Waals surface area contributed by atoms with E-state index in [1.807, 2.05) is 0 Å². The average Bonchev–Trinajstić information content (AvgIpc) is 2.31. The van der Waals surface area contributed by atoms with Gasteiger partial charge in [-0.05, 0) is 43.7 Å². The number of hydrogen-bond donors (Lipinski definition) is 2. The Morgan fingerprint density at radius 3 is 2.52 bits per heavy atom. The molecule has 112 valence electrons. The molecule has 2 aromatic rings. The summed E-state index contributed by atoms with van der Waals surface area (Å²) in [5.41, 5.74) is 7.02. The van der Waals surface area contributed by atoms with Crippen LogP contribution in [0.25, 0.3) is 0 Å². The second-order valence-corrected chi connectivity index (χ2v) is 6.65. The van der Waals surface area contributed by atoms with Gasteiger partial charge < -0.3 is 5.73 Å². The second-order valence-electron chi connectivity index (χ2n) is 4.59. The summed E-state index contributed by atoms with van der Waals surface area (Å²) in [5, 5.41) is -0.358. The first kappa shape index (κ1) is 15.5. The molecule has 0 saturated carbocycles. The summed E-state index contributed by atoms with van der Waals surface area (Å²) in [6, 6.07) is 5.48. The predicted molar refractivity (Wildman–Crippen MR) is 80.3 cm³/mol. The van der Waals surface area contributed by atoms with E-state index >= 15 is 0 Å². The fourth-order valence-corrected chi connectivity index (χ4v) is 3.28. The molecule has 1 aromatic carbocycles. The van der Waals surface area contributed by atoms with Crippen molar-refractivity contribution in [3.63, 3.8) is 0 Å². The summed E-state index contributed by atoms with van der Waals surface area (Å²) < 4.78 is 40.6. The number of pyridine rings is 1. The molecule has 3 N–H and O–H groups in total. The van der Waals surface area contributed by atoms with Crippen molar-refractivity contribution in [3.8, 4) is 0 Å². The van der Waals surface area contributed by atoms with Gasteiger partial charge in [0.1, 0.15) is 10.7 Å². The first-order valence-corrected chi connectivity index (χ1v) is 7.78. The van der Waals surface area contributed by atoms with Crippen molar-refractivity contribution < 1.29 is 12.8 Å². The third-order valence-corrected chi connectivity index (χ3v) is 4.27. The highest BCUT2D eigenvalue weighted by atomic mass is 35.5. The lowest BCUT2D eigenvalue weighted by Gasteiger charge is -2.11. The van der Waals surface area contributed by atoms with Crippen molar-refractivity contribution in [1.29, 1.82) is 0 Å². The molecular formula is C13H13ClFN3O2S. The lowest BCUT2D eigenvalue weighted by Crippen LogP contribution is -2.16. The molecule has 21 heavy (non-hydrogen) atoms. The van der Waals surface area contributed by atoms with E-state index in [-0.39, 0.29) is 16.5 Å². The number of anilines is 2. The smallest absolute Gasteiger partial charge is 0.266 e. The van der Waals surface area contributed by atoms with Gasteiger partial charge in [-0.1, -0.05) is 11.6 Å². The minimum absolute atomic E-state index is 0.0511. The summed E-state index contributed by atoms with van der Waals surface area (Å²) >= 11 is 5.62. The molecule has 5 nitrogen and oxygen atoms in total. The van der Waals surface area contributed by atoms with E-state index in [0.29, 0.717) is 5.69 Å². The van der Waals surface area contributed by atoms with Crippen molar-refractivity contribution in [2.45, 2.75) is 18.7 Å². The maximum Gasteiger partial charge on any atom is 0.266 e. The van der Waals surface area contributed by atoms with Crippen LogP contribution in [0.4, 0.5) is 15.9 Å². The largest absolute Gasteiger partial charge is 0.399 e. The number of aryl methyl sites for hydroxylation is 2. The molecule has 0 bridgehead atoms. The molecule has 2 rings (SSSR count). The summed E-state index contributed by atoms with van der Waals surface area (Å²) in [5.74, 6) is -0.951. The highest BCUT2D eigenvalue weighted by molar-refractivity contribution is 7.92. The summed E-state index contributed by atoms with van der Waals surface area (Å²) in [6.07, 6.45) is 0. The average molecular weight is 330 g/mol. The van der Waals surface area contributed by atoms with Gasteiger partial charge in [0.05, 0.1) is 5.02 Å². The van der Waals surface area contributed by atoms with Crippen molar-refractivity contribution in [2.24, 2.45) is 0 Å². The Balaban J connectivity index is 2.48. The molecule has 0 saturated heterocycles. The van der Waals surface area contributed by atoms with Crippen molar-refractivity contribution in [3.05, 3.63) is 46.4 Å². The van der Waals surface area contributed by atoms with Crippen LogP contribution in [-0.4, -0.2) is 13.4 Å². The van der Waals surface area contributed by atoms with Crippen molar-refractivity contribution in [2.75, 3.05) is 10.5 Å². The second kappa shape index (κ2) is 5.50. The highest BCUT2D eigenvalue weighted by Gasteiger charge is 2.22. The lowest BCUT2D eigenvalue weighted by molar-refractivity contribution is 0.570. The maximum atomic E-state index is 13.9. The third kappa shape index (κ3) is 3.43. The number of halogens is 2. The van der Waals surface area contributed by atoms with E-state index in [1.165, 1.54) is 6.07 Å². The molecule has 0 amide bonds. The molecule has 0 spiro atoms. The first-order valence-electron chi connectivity index (χ1n) is 5.91. The number of sulfonamides is 1. The third-order valence-electron chi connectivity index (χ3n) is 2.64. The number of hydrogen-bond acceptors (Lipinski definition) is 4. The van der Waals surface area contributed by atoms with Crippen molar-refractivity contribution in [1.82, 2.24) is 4.98 Å². The minimum atomic E-state index is -4.17. The van der Waals surface area contributed by atoms with Gasteiger partial charge in [0.15, 0.2) is 5.82 Å². The molecule has 0 unspecified atom stereocenters. The molecule has 0 fully saturated rings. The van der Waals surface area contributed by atoms with E-state index in [4.69, 9.17) is 17.3 Å². The monoisotopic (exact) mass is 329 g/mol. The zero-order valence-electron chi connectivity index (χ0n) is 11.3. The molecule has 1 aromatic heterocycles. The van der Waals surface area contributed by atoms with Crippen LogP contribution >= 0.6 is 11.6 Å². The van der Waals surface area contributed by atoms with Gasteiger partial charge in [0, 0.05) is 11.4 Å². The number of benzene rings is 1. The van der Waals surface area contributed by atoms with E-state index in [0.717, 1.165) is 17.7 Å². The molecule has 0 aliphatic heterocycles. The standard InChI is InChI=1S/C13H13ClFN3O2S/c1-7-3-8(2)17-12(4-7)18-21(19,20)11-6-9(16)5-10(14)13(11)15/h3-6H,16H2,1-2H3,(H,17,18). The van der Waals surface area contributed by atoms with Gasteiger partial charge in [0.2, 0.25) is 0 Å². The first-order chi connectivity index (χ1) is 9.69. The summed E-state index contributed by atoms with van der Waals surface area (Å²) in [4.78, 5) is 3.43. The quantitative estimate of drug-likeness (QED) is 0.848. The summed E-state index contributed by atoms with van der Waals surface area (Å²) in [6.45, 7) is 3.52. The Hall–Kier alpha value is -1.86. The molecule has 0 aliphatic rings. The Morgan fingerprint density at radius 1 is 1.24 bits per heavy atom. The molecule has 0 aliphatic carbocycles. The Bertz CT molecular complexity index is 789. The number of nitrogens with one attached hydrogen (secondary N) is 1. The van der Waals surface area contributed by atoms with E-state index in [9.17, 15) is 12.8 Å². The molecule has 8 heteroatoms. The fourth-order valence-electron chi connectivity index (χ4n) is 1.87. The van der Waals surface area contributed by atoms with Crippen LogP contribution in [0, 0.1) is 19.7 Å². The van der Waals surface area contributed by atoms with Crippen molar-refractivity contribution >= 4 is 33.1 Å². The Kier molecular flexibility index (Phi) is 4.06. The lowest BCUT2D eigenvalue weighted by atomic mass is 10.2. The van der Waals surface area contributed by atoms with Gasteiger partial charge in [0.25, 0.3) is 10.0 Å². The molecule has 0 radical (unpaired) electrons. The van der Waals surface area contributed by atoms with E-state index in [2.05, 4.69) is 9.71 Å². The fraction of sp³-hybridized carbons (Fsp3) is 0.154. The Morgan fingerprint density at radius 2 is 1.90 bits per heavy atom. The van der Waals surface area contributed by atoms with Gasteiger partial charge in [-0.25, -0.2) is 17.8 Å². The molecular weight excluding hydrogens is 317 g/mol. The van der Waals surface area contributed by atoms with Crippen LogP contribution in [-0.2, 0) is 10.0 Å². The number of nitrogens with zero attached hydrogens (tertiary/aromatic N) is 1. The van der Waals surface area contributed by atoms with Gasteiger partial charge in [-0.15, -0.1) is 0 Å². The summed E-state index contributed by atoms with van der Waals surface area (Å²) in [7, 11) is -4.17. The van der Waals surface area contributed by atoms with Crippen LogP contribution < -0.4 is 10.5 Å².